The maximum Gasteiger partial charge on any atom is 0.317 e. The van der Waals surface area contributed by atoms with E-state index in [0.29, 0.717) is 25.4 Å². The molecule has 2 amide bonds. The molecule has 3 aliphatic rings. The zero-order chi connectivity index (χ0) is 19.7. The predicted octanol–water partition coefficient (Wildman–Crippen LogP) is 1.10. The van der Waals surface area contributed by atoms with E-state index < -0.39 is 12.0 Å². The minimum atomic E-state index is -0.781. The molecule has 8 heteroatoms. The number of hydrogen-bond donors (Lipinski definition) is 3. The molecule has 3 heterocycles. The standard InChI is InChI=1S/C20H25N3O5/c24-17-4-3-16(20(27)22-17)21-15-2-1-13(14-7-10-28-19(14)15)12-5-8-23(9-6-12)11-18(25)26/h1-2,12,16,21H,3-11H2,(H,25,26)(H,22,24,27). The fourth-order valence-corrected chi connectivity index (χ4v) is 4.43. The lowest BCUT2D eigenvalue weighted by molar-refractivity contribution is -0.138. The summed E-state index contributed by atoms with van der Waals surface area (Å²) in [7, 11) is 0. The molecule has 8 nitrogen and oxygen atoms in total. The van der Waals surface area contributed by atoms with E-state index in [1.165, 1.54) is 11.1 Å². The van der Waals surface area contributed by atoms with Gasteiger partial charge in [0.25, 0.3) is 0 Å². The average Bonchev–Trinajstić information content (AvgIpc) is 3.15. The molecule has 0 radical (unpaired) electrons. The molecule has 0 spiro atoms. The Labute approximate surface area is 163 Å². The number of carboxylic acid groups (broad SMARTS) is 1. The average molecular weight is 387 g/mol. The van der Waals surface area contributed by atoms with Crippen LogP contribution >= 0.6 is 0 Å². The molecule has 28 heavy (non-hydrogen) atoms. The number of nitrogens with one attached hydrogen (secondary N) is 2. The number of hydrogen-bond acceptors (Lipinski definition) is 6. The van der Waals surface area contributed by atoms with Gasteiger partial charge in [-0.2, -0.15) is 0 Å². The van der Waals surface area contributed by atoms with Gasteiger partial charge in [-0.25, -0.2) is 0 Å². The Morgan fingerprint density at radius 1 is 1.21 bits per heavy atom. The molecule has 1 aromatic carbocycles. The molecule has 0 bridgehead atoms. The smallest absolute Gasteiger partial charge is 0.317 e. The van der Waals surface area contributed by atoms with Crippen molar-refractivity contribution in [2.75, 3.05) is 31.6 Å². The highest BCUT2D eigenvalue weighted by molar-refractivity contribution is 6.01. The maximum absolute atomic E-state index is 12.0. The first-order chi connectivity index (χ1) is 13.5. The largest absolute Gasteiger partial charge is 0.491 e. The molecule has 1 aromatic rings. The Balaban J connectivity index is 1.48. The van der Waals surface area contributed by atoms with E-state index >= 15 is 0 Å². The number of benzene rings is 1. The quantitative estimate of drug-likeness (QED) is 0.650. The number of carbonyl (C=O) groups excluding carboxylic acids is 2. The maximum atomic E-state index is 12.0. The second-order valence-corrected chi connectivity index (χ2v) is 7.70. The van der Waals surface area contributed by atoms with Crippen molar-refractivity contribution in [3.63, 3.8) is 0 Å². The van der Waals surface area contributed by atoms with Gasteiger partial charge in [-0.15, -0.1) is 0 Å². The summed E-state index contributed by atoms with van der Waals surface area (Å²) in [5.74, 6) is -0.0936. The Kier molecular flexibility index (Phi) is 5.21. The summed E-state index contributed by atoms with van der Waals surface area (Å²) >= 11 is 0. The Bertz CT molecular complexity index is 801. The highest BCUT2D eigenvalue weighted by Crippen LogP contribution is 2.42. The number of likely N-dealkylation sites (tertiary alicyclic amines) is 1. The van der Waals surface area contributed by atoms with Gasteiger partial charge in [0.1, 0.15) is 11.8 Å². The van der Waals surface area contributed by atoms with Gasteiger partial charge in [0.15, 0.2) is 0 Å². The van der Waals surface area contributed by atoms with E-state index in [2.05, 4.69) is 16.7 Å². The van der Waals surface area contributed by atoms with E-state index in [4.69, 9.17) is 9.84 Å². The van der Waals surface area contributed by atoms with Gasteiger partial charge in [-0.1, -0.05) is 6.07 Å². The van der Waals surface area contributed by atoms with Crippen LogP contribution in [0.1, 0.15) is 42.7 Å². The number of carbonyl (C=O) groups is 3. The van der Waals surface area contributed by atoms with Crippen molar-refractivity contribution in [3.05, 3.63) is 23.3 Å². The van der Waals surface area contributed by atoms with Crippen LogP contribution in [0.3, 0.4) is 0 Å². The minimum absolute atomic E-state index is 0.1000. The summed E-state index contributed by atoms with van der Waals surface area (Å²) in [5, 5.41) is 14.6. The highest BCUT2D eigenvalue weighted by atomic mass is 16.5. The second kappa shape index (κ2) is 7.79. The monoisotopic (exact) mass is 387 g/mol. The lowest BCUT2D eigenvalue weighted by Crippen LogP contribution is -2.47. The van der Waals surface area contributed by atoms with E-state index in [-0.39, 0.29) is 18.4 Å². The van der Waals surface area contributed by atoms with Crippen LogP contribution in [0.2, 0.25) is 0 Å². The highest BCUT2D eigenvalue weighted by Gasteiger charge is 2.31. The SMILES string of the molecule is O=C(O)CN1CCC(c2ccc(NC3CCC(=O)NC3=O)c3c2CCO3)CC1. The van der Waals surface area contributed by atoms with Gasteiger partial charge >= 0.3 is 5.97 Å². The third-order valence-corrected chi connectivity index (χ3v) is 5.85. The predicted molar refractivity (Wildman–Crippen MR) is 101 cm³/mol. The summed E-state index contributed by atoms with van der Waals surface area (Å²) in [6.07, 6.45) is 3.51. The molecule has 1 unspecified atom stereocenters. The summed E-state index contributed by atoms with van der Waals surface area (Å²) in [6, 6.07) is 3.64. The molecule has 1 atom stereocenters. The number of anilines is 1. The van der Waals surface area contributed by atoms with E-state index in [1.54, 1.807) is 0 Å². The summed E-state index contributed by atoms with van der Waals surface area (Å²) < 4.78 is 5.88. The molecule has 150 valence electrons. The van der Waals surface area contributed by atoms with Crippen LogP contribution in [0.15, 0.2) is 12.1 Å². The van der Waals surface area contributed by atoms with Crippen LogP contribution in [0.5, 0.6) is 5.75 Å². The zero-order valence-corrected chi connectivity index (χ0v) is 15.7. The number of aliphatic carboxylic acids is 1. The Morgan fingerprint density at radius 2 is 2.00 bits per heavy atom. The first-order valence-electron chi connectivity index (χ1n) is 9.84. The number of rotatable bonds is 5. The van der Waals surface area contributed by atoms with Crippen LogP contribution in [-0.2, 0) is 20.8 Å². The number of ether oxygens (including phenoxy) is 1. The number of imide groups is 1. The molecule has 2 fully saturated rings. The van der Waals surface area contributed by atoms with Crippen LogP contribution in [-0.4, -0.2) is 60.1 Å². The number of nitrogens with zero attached hydrogens (tertiary/aromatic N) is 1. The van der Waals surface area contributed by atoms with Crippen LogP contribution in [0.4, 0.5) is 5.69 Å². The minimum Gasteiger partial charge on any atom is -0.491 e. The van der Waals surface area contributed by atoms with Crippen molar-refractivity contribution in [2.24, 2.45) is 0 Å². The third-order valence-electron chi connectivity index (χ3n) is 5.85. The van der Waals surface area contributed by atoms with Crippen molar-refractivity contribution in [1.29, 1.82) is 0 Å². The van der Waals surface area contributed by atoms with E-state index in [9.17, 15) is 14.4 Å². The Morgan fingerprint density at radius 3 is 2.71 bits per heavy atom. The van der Waals surface area contributed by atoms with E-state index in [1.807, 2.05) is 11.0 Å². The van der Waals surface area contributed by atoms with Gasteiger partial charge in [0, 0.05) is 18.4 Å². The first-order valence-corrected chi connectivity index (χ1v) is 9.84. The lowest BCUT2D eigenvalue weighted by atomic mass is 9.85. The number of amides is 2. The molecule has 3 aliphatic heterocycles. The lowest BCUT2D eigenvalue weighted by Gasteiger charge is -2.32. The summed E-state index contributed by atoms with van der Waals surface area (Å²) in [5.41, 5.74) is 3.26. The van der Waals surface area contributed by atoms with Gasteiger partial charge in [0.05, 0.1) is 18.8 Å². The molecule has 0 aliphatic carbocycles. The van der Waals surface area contributed by atoms with Crippen LogP contribution in [0, 0.1) is 0 Å². The number of piperidine rings is 2. The normalized spacial score (nSPS) is 23.1. The van der Waals surface area contributed by atoms with Crippen molar-refractivity contribution < 1.29 is 24.2 Å². The third kappa shape index (κ3) is 3.82. The van der Waals surface area contributed by atoms with E-state index in [0.717, 1.165) is 43.8 Å². The number of carboxylic acids is 1. The van der Waals surface area contributed by atoms with Crippen molar-refractivity contribution in [3.8, 4) is 5.75 Å². The molecular formula is C20H25N3O5. The zero-order valence-electron chi connectivity index (χ0n) is 15.7. The Hall–Kier alpha value is -2.61. The topological polar surface area (TPSA) is 108 Å². The van der Waals surface area contributed by atoms with Crippen LogP contribution in [0.25, 0.3) is 0 Å². The van der Waals surface area contributed by atoms with Crippen molar-refractivity contribution in [1.82, 2.24) is 10.2 Å². The van der Waals surface area contributed by atoms with Crippen molar-refractivity contribution in [2.45, 2.75) is 44.1 Å². The van der Waals surface area contributed by atoms with Gasteiger partial charge < -0.3 is 15.2 Å². The van der Waals surface area contributed by atoms with Gasteiger partial charge in [-0.3, -0.25) is 24.6 Å². The molecule has 3 N–H and O–H groups in total. The molecule has 2 saturated heterocycles. The molecule has 4 rings (SSSR count). The summed E-state index contributed by atoms with van der Waals surface area (Å²) in [6.45, 7) is 2.28. The molecular weight excluding hydrogens is 362 g/mol. The van der Waals surface area contributed by atoms with Crippen molar-refractivity contribution >= 4 is 23.5 Å². The van der Waals surface area contributed by atoms with Crippen LogP contribution < -0.4 is 15.4 Å². The first kappa shape index (κ1) is 18.7. The van der Waals surface area contributed by atoms with Gasteiger partial charge in [0.2, 0.25) is 11.8 Å². The summed E-state index contributed by atoms with van der Waals surface area (Å²) in [4.78, 5) is 36.3. The fourth-order valence-electron chi connectivity index (χ4n) is 4.43. The second-order valence-electron chi connectivity index (χ2n) is 7.70. The number of fused-ring (bicyclic) bond motifs is 1. The molecule has 0 saturated carbocycles. The fraction of sp³-hybridized carbons (Fsp3) is 0.550. The van der Waals surface area contributed by atoms with Gasteiger partial charge in [-0.05, 0) is 49.9 Å². The molecule has 0 aromatic heterocycles.